The number of ether oxygens (including phenoxy) is 2. The van der Waals surface area contributed by atoms with E-state index in [9.17, 15) is 10.0 Å². The van der Waals surface area contributed by atoms with Crippen molar-refractivity contribution in [3.05, 3.63) is 96.6 Å². The molecule has 0 amide bonds. The third kappa shape index (κ3) is 5.46. The van der Waals surface area contributed by atoms with E-state index in [4.69, 9.17) is 9.47 Å². The highest BCUT2D eigenvalue weighted by molar-refractivity contribution is 5.94. The van der Waals surface area contributed by atoms with Crippen molar-refractivity contribution in [3.63, 3.8) is 0 Å². The Labute approximate surface area is 214 Å². The van der Waals surface area contributed by atoms with Crippen LogP contribution in [0.25, 0.3) is 33.3 Å². The Bertz CT molecular complexity index is 1490. The summed E-state index contributed by atoms with van der Waals surface area (Å²) < 4.78 is 11.3. The van der Waals surface area contributed by atoms with Gasteiger partial charge in [-0.3, -0.25) is 0 Å². The summed E-state index contributed by atoms with van der Waals surface area (Å²) in [6.45, 7) is 2.94. The molecule has 186 valence electrons. The quantitative estimate of drug-likeness (QED) is 0.105. The SMILES string of the molecule is CCCCCOc1ccc(-c2ccc(-c3ccc(C(=O)Oc4cccc5c4nnn5O)cc3)cc2)cc1. The maximum atomic E-state index is 12.7. The van der Waals surface area contributed by atoms with Crippen molar-refractivity contribution in [3.8, 4) is 33.8 Å². The second-order valence-corrected chi connectivity index (χ2v) is 8.73. The lowest BCUT2D eigenvalue weighted by molar-refractivity contribution is 0.0736. The largest absolute Gasteiger partial charge is 0.494 e. The van der Waals surface area contributed by atoms with Gasteiger partial charge in [-0.25, -0.2) is 4.79 Å². The highest BCUT2D eigenvalue weighted by Crippen LogP contribution is 2.28. The number of fused-ring (bicyclic) bond motifs is 1. The summed E-state index contributed by atoms with van der Waals surface area (Å²) in [6.07, 6.45) is 3.45. The molecule has 5 aromatic rings. The molecule has 4 aromatic carbocycles. The zero-order chi connectivity index (χ0) is 25.6. The first-order chi connectivity index (χ1) is 18.1. The van der Waals surface area contributed by atoms with Crippen LogP contribution in [-0.2, 0) is 0 Å². The fraction of sp³-hybridized carbons (Fsp3) is 0.167. The van der Waals surface area contributed by atoms with E-state index in [-0.39, 0.29) is 5.75 Å². The highest BCUT2D eigenvalue weighted by Gasteiger charge is 2.14. The summed E-state index contributed by atoms with van der Waals surface area (Å²) in [6, 6.07) is 28.6. The molecule has 5 rings (SSSR count). The molecule has 0 bridgehead atoms. The van der Waals surface area contributed by atoms with Gasteiger partial charge in [0.05, 0.1) is 12.2 Å². The number of aromatic nitrogens is 3. The molecule has 0 saturated heterocycles. The van der Waals surface area contributed by atoms with E-state index in [0.717, 1.165) is 41.0 Å². The van der Waals surface area contributed by atoms with Crippen LogP contribution in [0.4, 0.5) is 0 Å². The summed E-state index contributed by atoms with van der Waals surface area (Å²) in [4.78, 5) is 13.3. The Morgan fingerprint density at radius 2 is 1.41 bits per heavy atom. The molecular weight excluding hydrogens is 466 g/mol. The lowest BCUT2D eigenvalue weighted by atomic mass is 9.99. The van der Waals surface area contributed by atoms with Crippen LogP contribution in [0.15, 0.2) is 91.0 Å². The van der Waals surface area contributed by atoms with Gasteiger partial charge in [-0.15, -0.1) is 5.10 Å². The molecule has 7 nitrogen and oxygen atoms in total. The molecule has 37 heavy (non-hydrogen) atoms. The number of carbonyl (C=O) groups is 1. The molecular formula is C30H27N3O4. The van der Waals surface area contributed by atoms with Crippen molar-refractivity contribution in [1.82, 2.24) is 15.2 Å². The van der Waals surface area contributed by atoms with E-state index in [2.05, 4.69) is 53.6 Å². The van der Waals surface area contributed by atoms with Crippen LogP contribution in [0.2, 0.25) is 0 Å². The Morgan fingerprint density at radius 1 is 0.811 bits per heavy atom. The van der Waals surface area contributed by atoms with Gasteiger partial charge in [0.2, 0.25) is 0 Å². The van der Waals surface area contributed by atoms with E-state index >= 15 is 0 Å². The molecule has 0 aliphatic carbocycles. The second-order valence-electron chi connectivity index (χ2n) is 8.73. The molecule has 1 N–H and O–H groups in total. The fourth-order valence-corrected chi connectivity index (χ4v) is 4.09. The summed E-state index contributed by atoms with van der Waals surface area (Å²) in [5, 5.41) is 17.1. The van der Waals surface area contributed by atoms with Gasteiger partial charge in [-0.2, -0.15) is 0 Å². The highest BCUT2D eigenvalue weighted by atomic mass is 16.5. The Kier molecular flexibility index (Phi) is 7.12. The Morgan fingerprint density at radius 3 is 2.03 bits per heavy atom. The maximum Gasteiger partial charge on any atom is 0.343 e. The topological polar surface area (TPSA) is 86.5 Å². The lowest BCUT2D eigenvalue weighted by Crippen LogP contribution is -2.08. The number of benzene rings is 4. The molecule has 0 radical (unpaired) electrons. The number of unbranched alkanes of at least 4 members (excludes halogenated alkanes) is 2. The van der Waals surface area contributed by atoms with E-state index in [1.165, 1.54) is 12.8 Å². The van der Waals surface area contributed by atoms with Crippen LogP contribution in [0.5, 0.6) is 11.5 Å². The number of hydrogen-bond donors (Lipinski definition) is 1. The average Bonchev–Trinajstić information content (AvgIpc) is 3.33. The summed E-state index contributed by atoms with van der Waals surface area (Å²) in [7, 11) is 0. The van der Waals surface area contributed by atoms with Gasteiger partial charge < -0.3 is 14.7 Å². The smallest absolute Gasteiger partial charge is 0.343 e. The van der Waals surface area contributed by atoms with Crippen LogP contribution in [0.1, 0.15) is 36.5 Å². The zero-order valence-electron chi connectivity index (χ0n) is 20.5. The van der Waals surface area contributed by atoms with Gasteiger partial charge in [-0.05, 0) is 70.3 Å². The molecule has 0 spiro atoms. The number of carbonyl (C=O) groups excluding carboxylic acids is 1. The lowest BCUT2D eigenvalue weighted by Gasteiger charge is -2.09. The van der Waals surface area contributed by atoms with Crippen molar-refractivity contribution < 1.29 is 19.5 Å². The van der Waals surface area contributed by atoms with Crippen LogP contribution in [-0.4, -0.2) is 32.9 Å². The standard InChI is InChI=1S/C30H27N3O4/c1-2-3-4-20-36-26-18-16-24(17-19-26)22-10-8-21(9-11-22)23-12-14-25(15-13-23)30(34)37-28-7-5-6-27-29(28)31-32-33(27)35/h5-19,35H,2-4,20H2,1H3. The van der Waals surface area contributed by atoms with E-state index in [0.29, 0.717) is 21.4 Å². The summed E-state index contributed by atoms with van der Waals surface area (Å²) in [5.74, 6) is 0.615. The molecule has 0 aliphatic heterocycles. The summed E-state index contributed by atoms with van der Waals surface area (Å²) >= 11 is 0. The molecule has 0 unspecified atom stereocenters. The van der Waals surface area contributed by atoms with Crippen molar-refractivity contribution in [2.75, 3.05) is 6.61 Å². The molecule has 7 heteroatoms. The third-order valence-electron chi connectivity index (χ3n) is 6.17. The van der Waals surface area contributed by atoms with E-state index < -0.39 is 5.97 Å². The molecule has 1 aromatic heterocycles. The van der Waals surface area contributed by atoms with Crippen molar-refractivity contribution in [1.29, 1.82) is 0 Å². The predicted octanol–water partition coefficient (Wildman–Crippen LogP) is 6.79. The monoisotopic (exact) mass is 493 g/mol. The van der Waals surface area contributed by atoms with Gasteiger partial charge in [-0.1, -0.05) is 79.2 Å². The normalized spacial score (nSPS) is 10.9. The third-order valence-corrected chi connectivity index (χ3v) is 6.17. The minimum Gasteiger partial charge on any atom is -0.494 e. The fourth-order valence-electron chi connectivity index (χ4n) is 4.09. The first-order valence-corrected chi connectivity index (χ1v) is 12.3. The molecule has 0 atom stereocenters. The second kappa shape index (κ2) is 11.0. The Balaban J connectivity index is 1.23. The zero-order valence-corrected chi connectivity index (χ0v) is 20.5. The van der Waals surface area contributed by atoms with E-state index in [1.54, 1.807) is 30.3 Å². The average molecular weight is 494 g/mol. The molecule has 0 saturated carbocycles. The predicted molar refractivity (Wildman–Crippen MR) is 142 cm³/mol. The molecule has 0 aliphatic rings. The van der Waals surface area contributed by atoms with Gasteiger partial charge in [0.15, 0.2) is 11.3 Å². The first kappa shape index (κ1) is 24.1. The van der Waals surface area contributed by atoms with Gasteiger partial charge in [0.1, 0.15) is 11.3 Å². The molecule has 0 fully saturated rings. The van der Waals surface area contributed by atoms with Gasteiger partial charge in [0.25, 0.3) is 0 Å². The number of nitrogens with zero attached hydrogens (tertiary/aromatic N) is 3. The minimum atomic E-state index is -0.514. The van der Waals surface area contributed by atoms with Crippen LogP contribution >= 0.6 is 0 Å². The van der Waals surface area contributed by atoms with Crippen molar-refractivity contribution in [2.24, 2.45) is 0 Å². The summed E-state index contributed by atoms with van der Waals surface area (Å²) in [5.41, 5.74) is 5.36. The number of rotatable bonds is 9. The van der Waals surface area contributed by atoms with Crippen LogP contribution < -0.4 is 9.47 Å². The number of esters is 1. The Hall–Kier alpha value is -4.65. The van der Waals surface area contributed by atoms with Crippen molar-refractivity contribution in [2.45, 2.75) is 26.2 Å². The first-order valence-electron chi connectivity index (χ1n) is 12.3. The maximum absolute atomic E-state index is 12.7. The molecule has 1 heterocycles. The van der Waals surface area contributed by atoms with Crippen LogP contribution in [0.3, 0.4) is 0 Å². The number of hydrogen-bond acceptors (Lipinski definition) is 6. The van der Waals surface area contributed by atoms with E-state index in [1.807, 2.05) is 24.3 Å². The van der Waals surface area contributed by atoms with Gasteiger partial charge in [0, 0.05) is 0 Å². The minimum absolute atomic E-state index is 0.235. The van der Waals surface area contributed by atoms with Crippen LogP contribution in [0, 0.1) is 0 Å². The van der Waals surface area contributed by atoms with Crippen molar-refractivity contribution >= 4 is 17.0 Å². The van der Waals surface area contributed by atoms with Gasteiger partial charge >= 0.3 is 5.97 Å².